The number of carbonyl (C=O) groups excluding carboxylic acids is 1. The number of aliphatic hydroxyl groups is 2. The van der Waals surface area contributed by atoms with Crippen LogP contribution < -0.4 is 20.4 Å². The summed E-state index contributed by atoms with van der Waals surface area (Å²) < 4.78 is 41.5. The number of aliphatic hydroxyl groups excluding tert-OH is 2. The van der Waals surface area contributed by atoms with Crippen LogP contribution in [0.25, 0.3) is 11.0 Å². The van der Waals surface area contributed by atoms with E-state index in [1.807, 2.05) is 6.07 Å². The third-order valence-corrected chi connectivity index (χ3v) is 10.9. The predicted octanol–water partition coefficient (Wildman–Crippen LogP) is 6.40. The van der Waals surface area contributed by atoms with Gasteiger partial charge in [-0.2, -0.15) is 5.26 Å². The van der Waals surface area contributed by atoms with E-state index in [1.165, 1.54) is 113 Å². The first-order valence-electron chi connectivity index (χ1n) is 20.5. The van der Waals surface area contributed by atoms with Crippen LogP contribution in [0.1, 0.15) is 122 Å². The van der Waals surface area contributed by atoms with Gasteiger partial charge in [0.25, 0.3) is 0 Å². The number of ether oxygens (including phenoxy) is 4. The molecule has 1 aliphatic heterocycles. The van der Waals surface area contributed by atoms with E-state index in [0.717, 1.165) is 12.8 Å². The van der Waals surface area contributed by atoms with E-state index in [4.69, 9.17) is 34.2 Å². The van der Waals surface area contributed by atoms with Crippen LogP contribution in [-0.2, 0) is 28.2 Å². The summed E-state index contributed by atoms with van der Waals surface area (Å²) in [6.45, 7) is 4.50. The number of nitriles is 1. The van der Waals surface area contributed by atoms with Crippen LogP contribution in [0.15, 0.2) is 36.8 Å². The number of unbranched alkanes of at least 4 members (excludes halogenated alkanes) is 13. The Balaban J connectivity index is 1.08. The molecular formula is C40H61N6O11P. The fraction of sp³-hybridized carbons (Fsp3) is 0.650. The number of rotatable bonds is 29. The van der Waals surface area contributed by atoms with Crippen LogP contribution in [0, 0.1) is 11.3 Å². The fourth-order valence-corrected chi connectivity index (χ4v) is 7.48. The standard InChI is InChI=1S/C40H61N6O11P/c1-3-4-5-6-7-8-9-10-11-12-13-14-15-18-22-52-23-19-24-53-40(49)29(2)45-58(50,51)57-56-32-21-17-16-20-31(32)54-27-33-35(47)36(48)39(55-33)46-26-30(25-41)34-37(42)43-28-44-38(34)46/h16-17,20-21,26,28-29,33,35-36,39,47-48H,3-15,18-19,22-24,27H2,1-2H3,(H2,42,43,44)(H2,45,50,51)/t29-,33?,35-,36-,39-/m1/s1. The Labute approximate surface area is 340 Å². The average Bonchev–Trinajstić information content (AvgIpc) is 3.73. The first-order chi connectivity index (χ1) is 28.1. The number of para-hydroxylation sites is 2. The Kier molecular flexibility index (Phi) is 20.1. The van der Waals surface area contributed by atoms with Crippen molar-refractivity contribution in [3.05, 3.63) is 42.4 Å². The van der Waals surface area contributed by atoms with E-state index in [9.17, 15) is 29.7 Å². The summed E-state index contributed by atoms with van der Waals surface area (Å²) in [5, 5.41) is 33.7. The fourth-order valence-electron chi connectivity index (χ4n) is 6.66. The van der Waals surface area contributed by atoms with Gasteiger partial charge in [-0.15, -0.1) is 0 Å². The molecule has 6 N–H and O–H groups in total. The number of aromatic nitrogens is 3. The topological polar surface area (TPSA) is 243 Å². The van der Waals surface area contributed by atoms with Crippen molar-refractivity contribution in [3.63, 3.8) is 0 Å². The summed E-state index contributed by atoms with van der Waals surface area (Å²) in [5.74, 6) is -0.730. The van der Waals surface area contributed by atoms with Crippen LogP contribution in [0.2, 0.25) is 0 Å². The quantitative estimate of drug-likeness (QED) is 0.0167. The van der Waals surface area contributed by atoms with E-state index < -0.39 is 44.3 Å². The molecule has 18 heteroatoms. The van der Waals surface area contributed by atoms with E-state index in [1.54, 1.807) is 12.1 Å². The van der Waals surface area contributed by atoms with Gasteiger partial charge in [0, 0.05) is 25.8 Å². The van der Waals surface area contributed by atoms with Crippen molar-refractivity contribution in [1.29, 1.82) is 5.26 Å². The Bertz CT molecular complexity index is 1770. The molecule has 0 amide bonds. The lowest BCUT2D eigenvalue weighted by Gasteiger charge is -2.19. The zero-order valence-electron chi connectivity index (χ0n) is 33.7. The molecule has 0 radical (unpaired) electrons. The number of hydrogen-bond acceptors (Lipinski definition) is 14. The zero-order chi connectivity index (χ0) is 41.8. The second-order valence-electron chi connectivity index (χ2n) is 14.6. The summed E-state index contributed by atoms with van der Waals surface area (Å²) in [6, 6.07) is 6.85. The number of nitrogens with zero attached hydrogens (tertiary/aromatic N) is 4. The number of hydrogen-bond donors (Lipinski definition) is 5. The van der Waals surface area contributed by atoms with Gasteiger partial charge in [0.15, 0.2) is 12.0 Å². The number of carbonyl (C=O) groups is 1. The second kappa shape index (κ2) is 24.9. The van der Waals surface area contributed by atoms with Crippen LogP contribution >= 0.6 is 7.75 Å². The lowest BCUT2D eigenvalue weighted by atomic mass is 10.0. The van der Waals surface area contributed by atoms with Gasteiger partial charge in [0.05, 0.1) is 17.6 Å². The minimum absolute atomic E-state index is 0.0500. The van der Waals surface area contributed by atoms with E-state index in [2.05, 4.69) is 22.0 Å². The number of nitrogens with two attached hydrogens (primary N) is 1. The van der Waals surface area contributed by atoms with Crippen molar-refractivity contribution in [1.82, 2.24) is 19.6 Å². The van der Waals surface area contributed by atoms with Crippen molar-refractivity contribution >= 4 is 30.6 Å². The summed E-state index contributed by atoms with van der Waals surface area (Å²) in [5.41, 5.74) is 6.34. The van der Waals surface area contributed by atoms with Crippen molar-refractivity contribution < 1.29 is 53.0 Å². The second-order valence-corrected chi connectivity index (χ2v) is 16.0. The minimum Gasteiger partial charge on any atom is -0.487 e. The van der Waals surface area contributed by atoms with E-state index in [0.29, 0.717) is 19.6 Å². The summed E-state index contributed by atoms with van der Waals surface area (Å²) in [7, 11) is -4.69. The highest BCUT2D eigenvalue weighted by Crippen LogP contribution is 2.40. The van der Waals surface area contributed by atoms with Crippen LogP contribution in [0.5, 0.6) is 11.5 Å². The monoisotopic (exact) mass is 832 g/mol. The number of nitrogens with one attached hydrogen (secondary N) is 1. The highest BCUT2D eigenvalue weighted by Gasteiger charge is 2.45. The Morgan fingerprint density at radius 1 is 0.948 bits per heavy atom. The van der Waals surface area contributed by atoms with Gasteiger partial charge >= 0.3 is 13.7 Å². The first kappa shape index (κ1) is 46.8. The lowest BCUT2D eigenvalue weighted by Crippen LogP contribution is -2.34. The molecule has 17 nitrogen and oxygen atoms in total. The predicted molar refractivity (Wildman–Crippen MR) is 215 cm³/mol. The number of esters is 1. The summed E-state index contributed by atoms with van der Waals surface area (Å²) >= 11 is 0. The van der Waals surface area contributed by atoms with Gasteiger partial charge in [-0.1, -0.05) is 107 Å². The van der Waals surface area contributed by atoms with Crippen molar-refractivity contribution in [2.75, 3.05) is 32.2 Å². The molecule has 6 atom stereocenters. The third kappa shape index (κ3) is 14.8. The van der Waals surface area contributed by atoms with E-state index >= 15 is 0 Å². The average molecular weight is 833 g/mol. The van der Waals surface area contributed by atoms with Gasteiger partial charge < -0.3 is 49.2 Å². The molecule has 1 fully saturated rings. The molecule has 0 bridgehead atoms. The van der Waals surface area contributed by atoms with E-state index in [-0.39, 0.29) is 47.1 Å². The molecule has 1 aromatic carbocycles. The maximum atomic E-state index is 12.7. The molecule has 1 saturated heterocycles. The van der Waals surface area contributed by atoms with Gasteiger partial charge in [-0.25, -0.2) is 19.6 Å². The van der Waals surface area contributed by atoms with Crippen LogP contribution in [-0.4, -0.2) is 86.4 Å². The third-order valence-electron chi connectivity index (χ3n) is 9.88. The molecule has 322 valence electrons. The van der Waals surface area contributed by atoms with Gasteiger partial charge in [-0.3, -0.25) is 4.79 Å². The molecule has 0 aliphatic carbocycles. The molecule has 1 aliphatic rings. The number of benzene rings is 1. The Morgan fingerprint density at radius 3 is 2.22 bits per heavy atom. The molecule has 2 unspecified atom stereocenters. The zero-order valence-corrected chi connectivity index (χ0v) is 34.6. The molecule has 3 heterocycles. The molecular weight excluding hydrogens is 771 g/mol. The number of anilines is 1. The molecule has 3 aromatic rings. The van der Waals surface area contributed by atoms with Gasteiger partial charge in [0.1, 0.15) is 54.8 Å². The number of nitrogen functional groups attached to an aromatic ring is 1. The summed E-state index contributed by atoms with van der Waals surface area (Å²) in [4.78, 5) is 36.0. The van der Waals surface area contributed by atoms with Crippen LogP contribution in [0.3, 0.4) is 0 Å². The molecule has 0 spiro atoms. The normalized spacial score (nSPS) is 19.4. The highest BCUT2D eigenvalue weighted by molar-refractivity contribution is 7.50. The maximum absolute atomic E-state index is 12.7. The summed E-state index contributed by atoms with van der Waals surface area (Å²) in [6.07, 6.45) is 16.2. The van der Waals surface area contributed by atoms with Crippen LogP contribution in [0.4, 0.5) is 5.82 Å². The largest absolute Gasteiger partial charge is 0.487 e. The highest BCUT2D eigenvalue weighted by atomic mass is 31.2. The molecule has 0 saturated carbocycles. The van der Waals surface area contributed by atoms with Gasteiger partial charge in [-0.05, 0) is 25.5 Å². The maximum Gasteiger partial charge on any atom is 0.440 e. The van der Waals surface area contributed by atoms with Crippen molar-refractivity contribution in [2.24, 2.45) is 0 Å². The molecule has 58 heavy (non-hydrogen) atoms. The molecule has 4 rings (SSSR count). The Hall–Kier alpha value is -3.85. The van der Waals surface area contributed by atoms with Crippen molar-refractivity contribution in [3.8, 4) is 17.6 Å². The minimum atomic E-state index is -4.69. The Morgan fingerprint density at radius 2 is 1.57 bits per heavy atom. The molecule has 2 aromatic heterocycles. The lowest BCUT2D eigenvalue weighted by molar-refractivity contribution is -0.146. The smallest absolute Gasteiger partial charge is 0.440 e. The SMILES string of the molecule is CCCCCCCCCCCCCCCCOCCCOC(=O)[C@@H](C)NP(=O)(O)OOc1ccccc1OCC1O[C@@H](n2cc(C#N)c3c(N)ncnc32)[C@H](O)[C@@H]1O. The van der Waals surface area contributed by atoms with Crippen molar-refractivity contribution in [2.45, 2.75) is 141 Å². The number of fused-ring (bicyclic) bond motifs is 1. The van der Waals surface area contributed by atoms with Gasteiger partial charge in [0.2, 0.25) is 5.75 Å². The first-order valence-corrected chi connectivity index (χ1v) is 22.1.